The minimum absolute atomic E-state index is 0.0530. The molecule has 1 aromatic heterocycles. The maximum Gasteiger partial charge on any atom is 0.213 e. The quantitative estimate of drug-likeness (QED) is 0.632. The fraction of sp³-hybridized carbons (Fsp3) is 0.524. The molecule has 146 valence electrons. The van der Waals surface area contributed by atoms with Gasteiger partial charge in [-0.2, -0.15) is 0 Å². The number of nitrogens with one attached hydrogen (secondary N) is 2. The molecule has 2 aromatic rings. The summed E-state index contributed by atoms with van der Waals surface area (Å²) in [7, 11) is 1.77. The molecule has 0 fully saturated rings. The predicted molar refractivity (Wildman–Crippen MR) is 107 cm³/mol. The number of benzene rings is 1. The lowest BCUT2D eigenvalue weighted by Crippen LogP contribution is -2.45. The van der Waals surface area contributed by atoms with E-state index in [9.17, 15) is 0 Å². The fourth-order valence-corrected chi connectivity index (χ4v) is 3.19. The van der Waals surface area contributed by atoms with Crippen LogP contribution >= 0.6 is 0 Å². The van der Waals surface area contributed by atoms with Gasteiger partial charge in [-0.15, -0.1) is 0 Å². The Morgan fingerprint density at radius 1 is 1.30 bits per heavy atom. The third-order valence-corrected chi connectivity index (χ3v) is 4.61. The number of oxazole rings is 1. The van der Waals surface area contributed by atoms with E-state index in [2.05, 4.69) is 61.3 Å². The van der Waals surface area contributed by atoms with Gasteiger partial charge >= 0.3 is 0 Å². The summed E-state index contributed by atoms with van der Waals surface area (Å²) in [5.74, 6) is 3.16. The second-order valence-electron chi connectivity index (χ2n) is 8.59. The highest BCUT2D eigenvalue weighted by Gasteiger charge is 2.34. The smallest absolute Gasteiger partial charge is 0.213 e. The minimum atomic E-state index is -0.241. The molecule has 1 atom stereocenters. The van der Waals surface area contributed by atoms with Crippen molar-refractivity contribution in [2.75, 3.05) is 7.05 Å². The Labute approximate surface area is 161 Å². The first-order valence-electron chi connectivity index (χ1n) is 9.38. The van der Waals surface area contributed by atoms with Gasteiger partial charge in [0.15, 0.2) is 5.96 Å². The van der Waals surface area contributed by atoms with E-state index in [0.717, 1.165) is 23.5 Å². The van der Waals surface area contributed by atoms with Crippen molar-refractivity contribution < 1.29 is 9.15 Å². The summed E-state index contributed by atoms with van der Waals surface area (Å²) in [6.45, 7) is 11.0. The van der Waals surface area contributed by atoms with Gasteiger partial charge in [0.1, 0.15) is 17.1 Å². The van der Waals surface area contributed by atoms with Gasteiger partial charge in [0.2, 0.25) is 5.89 Å². The molecular formula is C21H30N4O2. The summed E-state index contributed by atoms with van der Waals surface area (Å²) in [6, 6.07) is 8.26. The summed E-state index contributed by atoms with van der Waals surface area (Å²) >= 11 is 0. The largest absolute Gasteiger partial charge is 0.487 e. The summed E-state index contributed by atoms with van der Waals surface area (Å²) in [5, 5.41) is 6.81. The van der Waals surface area contributed by atoms with Gasteiger partial charge in [-0.1, -0.05) is 39.0 Å². The van der Waals surface area contributed by atoms with Crippen molar-refractivity contribution >= 4 is 5.96 Å². The van der Waals surface area contributed by atoms with Gasteiger partial charge in [-0.05, 0) is 19.9 Å². The van der Waals surface area contributed by atoms with Crippen LogP contribution in [-0.4, -0.2) is 23.6 Å². The van der Waals surface area contributed by atoms with E-state index in [1.165, 1.54) is 0 Å². The Morgan fingerprint density at radius 3 is 2.70 bits per heavy atom. The van der Waals surface area contributed by atoms with Crippen molar-refractivity contribution in [3.05, 3.63) is 47.7 Å². The molecule has 27 heavy (non-hydrogen) atoms. The third kappa shape index (κ3) is 4.62. The van der Waals surface area contributed by atoms with E-state index in [1.807, 2.05) is 18.2 Å². The van der Waals surface area contributed by atoms with Crippen molar-refractivity contribution in [1.29, 1.82) is 0 Å². The lowest BCUT2D eigenvalue weighted by atomic mass is 9.90. The average molecular weight is 370 g/mol. The Morgan fingerprint density at radius 2 is 2.04 bits per heavy atom. The molecule has 1 unspecified atom stereocenters. The van der Waals surface area contributed by atoms with Crippen LogP contribution in [0.15, 0.2) is 39.9 Å². The Kier molecular flexibility index (Phi) is 5.18. The molecule has 6 nitrogen and oxygen atoms in total. The third-order valence-electron chi connectivity index (χ3n) is 4.61. The molecular weight excluding hydrogens is 340 g/mol. The van der Waals surface area contributed by atoms with Crippen LogP contribution in [0.4, 0.5) is 0 Å². The highest BCUT2D eigenvalue weighted by molar-refractivity contribution is 5.80. The number of guanidine groups is 1. The van der Waals surface area contributed by atoms with E-state index in [4.69, 9.17) is 9.15 Å². The van der Waals surface area contributed by atoms with E-state index in [-0.39, 0.29) is 17.1 Å². The Balaban J connectivity index is 1.68. The zero-order valence-corrected chi connectivity index (χ0v) is 17.1. The van der Waals surface area contributed by atoms with Crippen molar-refractivity contribution in [2.24, 2.45) is 4.99 Å². The first-order valence-corrected chi connectivity index (χ1v) is 9.38. The van der Waals surface area contributed by atoms with Crippen molar-refractivity contribution in [2.45, 2.75) is 64.6 Å². The maximum atomic E-state index is 6.10. The number of fused-ring (bicyclic) bond motifs is 1. The van der Waals surface area contributed by atoms with E-state index < -0.39 is 0 Å². The number of hydrogen-bond donors (Lipinski definition) is 2. The van der Waals surface area contributed by atoms with Crippen molar-refractivity contribution in [3.8, 4) is 5.75 Å². The molecule has 6 heteroatoms. The maximum absolute atomic E-state index is 6.10. The number of aromatic nitrogens is 1. The number of para-hydroxylation sites is 1. The summed E-state index contributed by atoms with van der Waals surface area (Å²) in [5.41, 5.74) is 0.850. The lowest BCUT2D eigenvalue weighted by molar-refractivity contribution is 0.0694. The Bertz CT molecular complexity index is 818. The zero-order chi connectivity index (χ0) is 19.7. The first kappa shape index (κ1) is 19.3. The normalized spacial score (nSPS) is 19.2. The van der Waals surface area contributed by atoms with E-state index in [1.54, 1.807) is 13.2 Å². The van der Waals surface area contributed by atoms with Crippen LogP contribution in [0.3, 0.4) is 0 Å². The second kappa shape index (κ2) is 7.25. The standard InChI is InChI=1S/C21H30N4O2/c1-20(2,3)17-12-23-18(26-17)13-24-19(22-6)25-15-11-21(4,5)27-16-10-8-7-9-14(15)16/h7-10,12,15H,11,13H2,1-6H3,(H2,22,24,25). The van der Waals surface area contributed by atoms with Gasteiger partial charge in [0, 0.05) is 24.4 Å². The Hall–Kier alpha value is -2.50. The minimum Gasteiger partial charge on any atom is -0.487 e. The second-order valence-corrected chi connectivity index (χ2v) is 8.59. The average Bonchev–Trinajstić information content (AvgIpc) is 3.06. The molecule has 0 aliphatic carbocycles. The van der Waals surface area contributed by atoms with Crippen molar-refractivity contribution in [1.82, 2.24) is 15.6 Å². The summed E-state index contributed by atoms with van der Waals surface area (Å²) in [4.78, 5) is 8.72. The van der Waals surface area contributed by atoms with Crippen LogP contribution in [0, 0.1) is 0 Å². The number of nitrogens with zero attached hydrogens (tertiary/aromatic N) is 2. The van der Waals surface area contributed by atoms with Gasteiger partial charge in [0.05, 0.1) is 18.8 Å². The molecule has 3 rings (SSSR count). The molecule has 0 radical (unpaired) electrons. The van der Waals surface area contributed by atoms with Crippen LogP contribution in [0.25, 0.3) is 0 Å². The molecule has 2 N–H and O–H groups in total. The molecule has 0 bridgehead atoms. The molecule has 0 spiro atoms. The van der Waals surface area contributed by atoms with E-state index >= 15 is 0 Å². The van der Waals surface area contributed by atoms with Crippen molar-refractivity contribution in [3.63, 3.8) is 0 Å². The molecule has 1 aliphatic heterocycles. The van der Waals surface area contributed by atoms with Gasteiger partial charge in [-0.3, -0.25) is 4.99 Å². The fourth-order valence-electron chi connectivity index (χ4n) is 3.19. The molecule has 0 saturated carbocycles. The van der Waals surface area contributed by atoms with E-state index in [0.29, 0.717) is 18.4 Å². The van der Waals surface area contributed by atoms with Gasteiger partial charge < -0.3 is 19.8 Å². The number of hydrogen-bond acceptors (Lipinski definition) is 4. The summed E-state index contributed by atoms with van der Waals surface area (Å²) in [6.07, 6.45) is 2.64. The molecule has 2 heterocycles. The first-order chi connectivity index (χ1) is 12.7. The number of ether oxygens (including phenoxy) is 1. The number of rotatable bonds is 3. The topological polar surface area (TPSA) is 71.7 Å². The molecule has 0 saturated heterocycles. The van der Waals surface area contributed by atoms with Crippen LogP contribution in [0.1, 0.15) is 64.3 Å². The van der Waals surface area contributed by atoms with Crippen LogP contribution in [0.5, 0.6) is 5.75 Å². The number of aliphatic imine (C=N–C) groups is 1. The highest BCUT2D eigenvalue weighted by Crippen LogP contribution is 2.39. The lowest BCUT2D eigenvalue weighted by Gasteiger charge is -2.38. The van der Waals surface area contributed by atoms with Crippen LogP contribution in [-0.2, 0) is 12.0 Å². The predicted octanol–water partition coefficient (Wildman–Crippen LogP) is 3.94. The molecule has 1 aliphatic rings. The summed E-state index contributed by atoms with van der Waals surface area (Å²) < 4.78 is 11.9. The highest BCUT2D eigenvalue weighted by atomic mass is 16.5. The van der Waals surface area contributed by atoms with Gasteiger partial charge in [0.25, 0.3) is 0 Å². The zero-order valence-electron chi connectivity index (χ0n) is 17.1. The monoisotopic (exact) mass is 370 g/mol. The molecule has 0 amide bonds. The van der Waals surface area contributed by atoms with Gasteiger partial charge in [-0.25, -0.2) is 4.98 Å². The molecule has 1 aromatic carbocycles. The van der Waals surface area contributed by atoms with Crippen LogP contribution in [0.2, 0.25) is 0 Å². The SMILES string of the molecule is CN=C(NCc1ncc(C(C)(C)C)o1)NC1CC(C)(C)Oc2ccccc21. The van der Waals surface area contributed by atoms with Crippen LogP contribution < -0.4 is 15.4 Å².